The van der Waals surface area contributed by atoms with E-state index in [-0.39, 0.29) is 0 Å². The second-order valence-corrected chi connectivity index (χ2v) is 9.56. The Bertz CT molecular complexity index is 977. The second-order valence-electron chi connectivity index (χ2n) is 9.56. The van der Waals surface area contributed by atoms with Crippen molar-refractivity contribution in [2.75, 3.05) is 0 Å². The van der Waals surface area contributed by atoms with Gasteiger partial charge in [0.15, 0.2) is 0 Å². The molecule has 5 unspecified atom stereocenters. The van der Waals surface area contributed by atoms with E-state index in [1.54, 1.807) is 6.92 Å². The van der Waals surface area contributed by atoms with Crippen molar-refractivity contribution >= 4 is 27.3 Å². The molecule has 0 aromatic heterocycles. The fourth-order valence-electron chi connectivity index (χ4n) is 6.06. The minimum atomic E-state index is 0.295. The van der Waals surface area contributed by atoms with Crippen molar-refractivity contribution in [3.63, 3.8) is 0 Å². The fourth-order valence-corrected chi connectivity index (χ4v) is 6.06. The molecular weight excluding hydrogens is 352 g/mol. The van der Waals surface area contributed by atoms with Crippen LogP contribution >= 0.6 is 0 Å². The standard InChI is InChI=1S/C28H34O/c1-6-22-27(19(5)29)28(22)25(17(2)3)15-18(4)26-23-13-9-7-11-20(23)16-21-12-8-10-14-24(21)26/h7-14,16-18,22,25,27-28H,6,15H2,1-5H3. The highest BCUT2D eigenvalue weighted by molar-refractivity contribution is 6.02. The van der Waals surface area contributed by atoms with Crippen LogP contribution in [0.15, 0.2) is 54.6 Å². The molecule has 29 heavy (non-hydrogen) atoms. The van der Waals surface area contributed by atoms with E-state index in [1.165, 1.54) is 27.1 Å². The summed E-state index contributed by atoms with van der Waals surface area (Å²) in [5.74, 6) is 3.52. The van der Waals surface area contributed by atoms with Gasteiger partial charge in [-0.2, -0.15) is 0 Å². The van der Waals surface area contributed by atoms with Crippen LogP contribution < -0.4 is 0 Å². The quantitative estimate of drug-likeness (QED) is 0.382. The zero-order chi connectivity index (χ0) is 20.7. The molecule has 1 aliphatic rings. The molecule has 0 amide bonds. The molecule has 1 heteroatoms. The van der Waals surface area contributed by atoms with Crippen LogP contribution in [-0.2, 0) is 4.79 Å². The van der Waals surface area contributed by atoms with Crippen LogP contribution in [0.2, 0.25) is 0 Å². The highest BCUT2D eigenvalue weighted by atomic mass is 16.1. The van der Waals surface area contributed by atoms with Gasteiger partial charge in [-0.3, -0.25) is 4.79 Å². The van der Waals surface area contributed by atoms with Crippen molar-refractivity contribution in [3.8, 4) is 0 Å². The topological polar surface area (TPSA) is 17.1 Å². The largest absolute Gasteiger partial charge is 0.300 e. The van der Waals surface area contributed by atoms with Gasteiger partial charge in [0, 0.05) is 5.92 Å². The monoisotopic (exact) mass is 386 g/mol. The van der Waals surface area contributed by atoms with Crippen LogP contribution in [0.25, 0.3) is 21.5 Å². The van der Waals surface area contributed by atoms with Gasteiger partial charge < -0.3 is 0 Å². The molecule has 0 heterocycles. The molecule has 3 aromatic rings. The third kappa shape index (κ3) is 3.61. The van der Waals surface area contributed by atoms with Crippen LogP contribution in [0.4, 0.5) is 0 Å². The van der Waals surface area contributed by atoms with Crippen molar-refractivity contribution < 1.29 is 4.79 Å². The van der Waals surface area contributed by atoms with Gasteiger partial charge in [-0.25, -0.2) is 0 Å². The number of hydrogen-bond donors (Lipinski definition) is 0. The fraction of sp³-hybridized carbons (Fsp3) is 0.464. The lowest BCUT2D eigenvalue weighted by molar-refractivity contribution is -0.118. The van der Waals surface area contributed by atoms with Crippen molar-refractivity contribution in [3.05, 3.63) is 60.2 Å². The molecule has 152 valence electrons. The van der Waals surface area contributed by atoms with Gasteiger partial charge in [0.2, 0.25) is 0 Å². The molecule has 0 N–H and O–H groups in total. The summed E-state index contributed by atoms with van der Waals surface area (Å²) < 4.78 is 0. The normalized spacial score (nSPS) is 23.4. The van der Waals surface area contributed by atoms with Crippen LogP contribution in [0, 0.1) is 29.6 Å². The second kappa shape index (κ2) is 7.94. The van der Waals surface area contributed by atoms with Crippen LogP contribution in [0.3, 0.4) is 0 Å². The van der Waals surface area contributed by atoms with Gasteiger partial charge in [0.1, 0.15) is 5.78 Å². The average molecular weight is 387 g/mol. The molecule has 0 radical (unpaired) electrons. The molecule has 0 aliphatic heterocycles. The summed E-state index contributed by atoms with van der Waals surface area (Å²) in [5.41, 5.74) is 1.48. The Hall–Kier alpha value is -2.15. The van der Waals surface area contributed by atoms with E-state index in [4.69, 9.17) is 0 Å². The van der Waals surface area contributed by atoms with Crippen molar-refractivity contribution in [1.29, 1.82) is 0 Å². The maximum atomic E-state index is 12.2. The zero-order valence-corrected chi connectivity index (χ0v) is 18.5. The van der Waals surface area contributed by atoms with Crippen molar-refractivity contribution in [2.45, 2.75) is 53.4 Å². The molecular formula is C28H34O. The average Bonchev–Trinajstić information content (AvgIpc) is 3.44. The Morgan fingerprint density at radius 3 is 1.93 bits per heavy atom. The number of ketones is 1. The number of benzene rings is 3. The van der Waals surface area contributed by atoms with Gasteiger partial charge in [-0.1, -0.05) is 82.6 Å². The number of carbonyl (C=O) groups is 1. The van der Waals surface area contributed by atoms with Crippen molar-refractivity contribution in [1.82, 2.24) is 0 Å². The maximum absolute atomic E-state index is 12.2. The Morgan fingerprint density at radius 1 is 0.931 bits per heavy atom. The van der Waals surface area contributed by atoms with Crippen LogP contribution in [-0.4, -0.2) is 5.78 Å². The molecule has 1 fully saturated rings. The minimum absolute atomic E-state index is 0.295. The smallest absolute Gasteiger partial charge is 0.133 e. The van der Waals surface area contributed by atoms with Gasteiger partial charge >= 0.3 is 0 Å². The number of fused-ring (bicyclic) bond motifs is 2. The van der Waals surface area contributed by atoms with E-state index in [9.17, 15) is 4.79 Å². The lowest BCUT2D eigenvalue weighted by Crippen LogP contribution is -2.17. The lowest BCUT2D eigenvalue weighted by atomic mass is 9.78. The predicted molar refractivity (Wildman–Crippen MR) is 124 cm³/mol. The van der Waals surface area contributed by atoms with E-state index < -0.39 is 0 Å². The van der Waals surface area contributed by atoms with E-state index in [0.29, 0.717) is 41.3 Å². The Balaban J connectivity index is 1.74. The third-order valence-corrected chi connectivity index (χ3v) is 7.45. The summed E-state index contributed by atoms with van der Waals surface area (Å²) in [6.07, 6.45) is 2.28. The minimum Gasteiger partial charge on any atom is -0.300 e. The first-order valence-electron chi connectivity index (χ1n) is 11.3. The van der Waals surface area contributed by atoms with Gasteiger partial charge in [-0.05, 0) is 76.1 Å². The summed E-state index contributed by atoms with van der Waals surface area (Å²) in [7, 11) is 0. The Kier molecular flexibility index (Phi) is 5.51. The first kappa shape index (κ1) is 20.1. The summed E-state index contributed by atoms with van der Waals surface area (Å²) in [5, 5.41) is 5.42. The Morgan fingerprint density at radius 2 is 1.48 bits per heavy atom. The van der Waals surface area contributed by atoms with Gasteiger partial charge in [0.25, 0.3) is 0 Å². The molecule has 1 nitrogen and oxygen atoms in total. The molecule has 0 saturated heterocycles. The number of rotatable bonds is 7. The van der Waals surface area contributed by atoms with Crippen LogP contribution in [0.1, 0.15) is 58.9 Å². The molecule has 4 rings (SSSR count). The molecule has 1 saturated carbocycles. The molecule has 3 aromatic carbocycles. The summed E-state index contributed by atoms with van der Waals surface area (Å²) in [4.78, 5) is 12.2. The highest BCUT2D eigenvalue weighted by Crippen LogP contribution is 2.57. The Labute approximate surface area is 175 Å². The summed E-state index contributed by atoms with van der Waals surface area (Å²) in [6, 6.07) is 19.9. The van der Waals surface area contributed by atoms with E-state index in [1.807, 2.05) is 0 Å². The molecule has 5 atom stereocenters. The van der Waals surface area contributed by atoms with Crippen molar-refractivity contribution in [2.24, 2.45) is 29.6 Å². The van der Waals surface area contributed by atoms with E-state index in [0.717, 1.165) is 12.8 Å². The highest BCUT2D eigenvalue weighted by Gasteiger charge is 2.55. The van der Waals surface area contributed by atoms with E-state index in [2.05, 4.69) is 82.3 Å². The summed E-state index contributed by atoms with van der Waals surface area (Å²) in [6.45, 7) is 11.1. The first-order chi connectivity index (χ1) is 13.9. The zero-order valence-electron chi connectivity index (χ0n) is 18.5. The number of carbonyl (C=O) groups excluding carboxylic acids is 1. The molecule has 0 bridgehead atoms. The predicted octanol–water partition coefficient (Wildman–Crippen LogP) is 7.62. The van der Waals surface area contributed by atoms with Gasteiger partial charge in [-0.15, -0.1) is 0 Å². The van der Waals surface area contributed by atoms with Gasteiger partial charge in [0.05, 0.1) is 0 Å². The SMILES string of the molecule is CCC1C(C(C)=O)C1C(CC(C)c1c2ccccc2cc2ccccc12)C(C)C. The van der Waals surface area contributed by atoms with E-state index >= 15 is 0 Å². The number of hydrogen-bond acceptors (Lipinski definition) is 1. The molecule has 1 aliphatic carbocycles. The third-order valence-electron chi connectivity index (χ3n) is 7.45. The first-order valence-corrected chi connectivity index (χ1v) is 11.3. The molecule has 0 spiro atoms. The lowest BCUT2D eigenvalue weighted by Gasteiger charge is -2.27. The summed E-state index contributed by atoms with van der Waals surface area (Å²) >= 11 is 0. The maximum Gasteiger partial charge on any atom is 0.133 e. The van der Waals surface area contributed by atoms with Crippen LogP contribution in [0.5, 0.6) is 0 Å². The number of Topliss-reactive ketones (excluding diaryl/α,β-unsaturated/α-hetero) is 1.